The van der Waals surface area contributed by atoms with E-state index in [1.165, 1.54) is 18.2 Å². The Labute approximate surface area is 173 Å². The Hall–Kier alpha value is -2.61. The molecular weight excluding hydrogens is 376 g/mol. The van der Waals surface area contributed by atoms with Crippen LogP contribution in [0.3, 0.4) is 0 Å². The third-order valence-corrected chi connectivity index (χ3v) is 3.58. The van der Waals surface area contributed by atoms with Gasteiger partial charge in [-0.15, -0.1) is 0 Å². The standard InChI is InChI=1S/C10H11NO2.C9H17NO3.C2H6O/c1-13-10(12)11-6-8-4-2-3-5-9(8)7-11;1-5-7(6-11)10-8(12)13-9(2,3)4;1-3-2/h2-5H,6-7H2,1H3;6-7H,5H2,1-4H3,(H,10,12);1-2H3. The van der Waals surface area contributed by atoms with Gasteiger partial charge in [0.1, 0.15) is 11.9 Å². The summed E-state index contributed by atoms with van der Waals surface area (Å²) in [5.41, 5.74) is 1.91. The summed E-state index contributed by atoms with van der Waals surface area (Å²) in [6, 6.07) is 7.60. The van der Waals surface area contributed by atoms with Gasteiger partial charge >= 0.3 is 12.2 Å². The van der Waals surface area contributed by atoms with Gasteiger partial charge in [0, 0.05) is 27.3 Å². The van der Waals surface area contributed by atoms with Crippen molar-refractivity contribution in [3.63, 3.8) is 0 Å². The van der Waals surface area contributed by atoms with Crippen molar-refractivity contribution < 1.29 is 28.6 Å². The number of nitrogens with one attached hydrogen (secondary N) is 1. The fraction of sp³-hybridized carbons (Fsp3) is 0.571. The first kappa shape index (κ1) is 26.4. The maximum Gasteiger partial charge on any atom is 0.410 e. The van der Waals surface area contributed by atoms with Crippen LogP contribution < -0.4 is 5.32 Å². The molecule has 0 spiro atoms. The van der Waals surface area contributed by atoms with E-state index in [1.54, 1.807) is 39.9 Å². The van der Waals surface area contributed by atoms with Gasteiger partial charge in [0.2, 0.25) is 0 Å². The highest BCUT2D eigenvalue weighted by Crippen LogP contribution is 2.22. The Bertz CT molecular complexity index is 617. The number of fused-ring (bicyclic) bond motifs is 1. The number of methoxy groups -OCH3 is 2. The molecule has 1 aliphatic heterocycles. The largest absolute Gasteiger partial charge is 0.453 e. The monoisotopic (exact) mass is 410 g/mol. The summed E-state index contributed by atoms with van der Waals surface area (Å²) in [7, 11) is 4.66. The van der Waals surface area contributed by atoms with Gasteiger partial charge in [-0.2, -0.15) is 0 Å². The van der Waals surface area contributed by atoms with E-state index in [4.69, 9.17) is 4.74 Å². The number of carbonyl (C=O) groups is 3. The molecule has 0 aromatic heterocycles. The maximum atomic E-state index is 11.2. The second kappa shape index (κ2) is 13.5. The molecule has 0 fully saturated rings. The molecule has 0 bridgehead atoms. The van der Waals surface area contributed by atoms with Crippen LogP contribution in [0.4, 0.5) is 9.59 Å². The van der Waals surface area contributed by atoms with Crippen molar-refractivity contribution in [1.82, 2.24) is 10.2 Å². The van der Waals surface area contributed by atoms with E-state index in [-0.39, 0.29) is 6.09 Å². The number of hydrogen-bond acceptors (Lipinski definition) is 6. The van der Waals surface area contributed by atoms with Gasteiger partial charge in [-0.3, -0.25) is 4.90 Å². The van der Waals surface area contributed by atoms with E-state index in [2.05, 4.69) is 14.8 Å². The molecule has 1 atom stereocenters. The summed E-state index contributed by atoms with van der Waals surface area (Å²) in [5.74, 6) is 0. The van der Waals surface area contributed by atoms with Crippen LogP contribution in [0.2, 0.25) is 0 Å². The van der Waals surface area contributed by atoms with Crippen molar-refractivity contribution in [3.05, 3.63) is 35.4 Å². The topological polar surface area (TPSA) is 94.2 Å². The van der Waals surface area contributed by atoms with Crippen molar-refractivity contribution in [2.75, 3.05) is 21.3 Å². The highest BCUT2D eigenvalue weighted by Gasteiger charge is 2.22. The van der Waals surface area contributed by atoms with Crippen LogP contribution in [0.5, 0.6) is 0 Å². The minimum Gasteiger partial charge on any atom is -0.453 e. The predicted molar refractivity (Wildman–Crippen MR) is 111 cm³/mol. The minimum absolute atomic E-state index is 0.254. The average Bonchev–Trinajstić information content (AvgIpc) is 3.09. The fourth-order valence-corrected chi connectivity index (χ4v) is 2.28. The van der Waals surface area contributed by atoms with E-state index >= 15 is 0 Å². The predicted octanol–water partition coefficient (Wildman–Crippen LogP) is 3.52. The summed E-state index contributed by atoms with van der Waals surface area (Å²) in [4.78, 5) is 34.3. The molecule has 0 aliphatic carbocycles. The number of hydrogen-bond donors (Lipinski definition) is 1. The Kier molecular flexibility index (Phi) is 12.3. The molecule has 1 heterocycles. The van der Waals surface area contributed by atoms with Gasteiger partial charge in [0.25, 0.3) is 0 Å². The smallest absolute Gasteiger partial charge is 0.410 e. The highest BCUT2D eigenvalue weighted by molar-refractivity contribution is 5.73. The van der Waals surface area contributed by atoms with Crippen molar-refractivity contribution in [2.24, 2.45) is 0 Å². The van der Waals surface area contributed by atoms with Crippen LogP contribution in [-0.2, 0) is 32.1 Å². The Balaban J connectivity index is 0.000000477. The summed E-state index contributed by atoms with van der Waals surface area (Å²) >= 11 is 0. The first-order valence-corrected chi connectivity index (χ1v) is 9.36. The molecule has 29 heavy (non-hydrogen) atoms. The van der Waals surface area contributed by atoms with Crippen molar-refractivity contribution in [1.29, 1.82) is 0 Å². The zero-order chi connectivity index (χ0) is 22.4. The van der Waals surface area contributed by atoms with Crippen LogP contribution in [0.15, 0.2) is 24.3 Å². The van der Waals surface area contributed by atoms with E-state index in [1.807, 2.05) is 31.2 Å². The zero-order valence-corrected chi connectivity index (χ0v) is 18.5. The van der Waals surface area contributed by atoms with E-state index < -0.39 is 17.7 Å². The Morgan fingerprint density at radius 2 is 1.62 bits per heavy atom. The van der Waals surface area contributed by atoms with Crippen LogP contribution in [0, 0.1) is 0 Å². The molecule has 0 radical (unpaired) electrons. The van der Waals surface area contributed by atoms with Crippen molar-refractivity contribution in [3.8, 4) is 0 Å². The van der Waals surface area contributed by atoms with Gasteiger partial charge in [-0.1, -0.05) is 31.2 Å². The third-order valence-electron chi connectivity index (χ3n) is 3.58. The second-order valence-corrected chi connectivity index (χ2v) is 7.30. The molecule has 8 nitrogen and oxygen atoms in total. The zero-order valence-electron chi connectivity index (χ0n) is 18.5. The van der Waals surface area contributed by atoms with Crippen LogP contribution in [0.25, 0.3) is 0 Å². The lowest BCUT2D eigenvalue weighted by atomic mass is 10.1. The molecule has 2 rings (SSSR count). The lowest BCUT2D eigenvalue weighted by molar-refractivity contribution is -0.109. The Morgan fingerprint density at radius 1 is 1.14 bits per heavy atom. The molecule has 1 aromatic carbocycles. The van der Waals surface area contributed by atoms with Gasteiger partial charge in [0.05, 0.1) is 13.2 Å². The molecule has 1 aliphatic rings. The fourth-order valence-electron chi connectivity index (χ4n) is 2.28. The number of rotatable bonds is 3. The van der Waals surface area contributed by atoms with E-state index in [9.17, 15) is 14.4 Å². The number of carbonyl (C=O) groups excluding carboxylic acids is 3. The van der Waals surface area contributed by atoms with Crippen molar-refractivity contribution >= 4 is 18.5 Å². The summed E-state index contributed by atoms with van der Waals surface area (Å²) in [6.45, 7) is 8.47. The molecule has 164 valence electrons. The van der Waals surface area contributed by atoms with Crippen LogP contribution in [-0.4, -0.2) is 56.3 Å². The molecule has 8 heteroatoms. The number of benzene rings is 1. The highest BCUT2D eigenvalue weighted by atomic mass is 16.6. The summed E-state index contributed by atoms with van der Waals surface area (Å²) < 4.78 is 13.9. The first-order valence-electron chi connectivity index (χ1n) is 9.36. The van der Waals surface area contributed by atoms with Crippen LogP contribution in [0.1, 0.15) is 45.2 Å². The Morgan fingerprint density at radius 3 is 1.97 bits per heavy atom. The first-order chi connectivity index (χ1) is 13.6. The molecule has 1 N–H and O–H groups in total. The van der Waals surface area contributed by atoms with Crippen molar-refractivity contribution in [2.45, 2.75) is 58.8 Å². The van der Waals surface area contributed by atoms with Gasteiger partial charge in [-0.05, 0) is 38.3 Å². The third kappa shape index (κ3) is 11.1. The minimum atomic E-state index is -0.550. The average molecular weight is 411 g/mol. The van der Waals surface area contributed by atoms with Gasteiger partial charge in [-0.25, -0.2) is 9.59 Å². The number of alkyl carbamates (subject to hydrolysis) is 1. The summed E-state index contributed by atoms with van der Waals surface area (Å²) in [5, 5.41) is 2.44. The molecule has 0 saturated carbocycles. The SMILES string of the molecule is CCC(C=O)NC(=O)OC(C)(C)C.COC.COC(=O)N1Cc2ccccc2C1. The molecule has 1 unspecified atom stereocenters. The second-order valence-electron chi connectivity index (χ2n) is 7.30. The lowest BCUT2D eigenvalue weighted by Crippen LogP contribution is -2.39. The number of aldehydes is 1. The number of amides is 2. The van der Waals surface area contributed by atoms with Gasteiger partial charge in [0.15, 0.2) is 0 Å². The van der Waals surface area contributed by atoms with Gasteiger partial charge < -0.3 is 24.3 Å². The number of nitrogens with zero attached hydrogens (tertiary/aromatic N) is 1. The molecule has 1 aromatic rings. The normalized spacial score (nSPS) is 12.9. The van der Waals surface area contributed by atoms with E-state index in [0.29, 0.717) is 25.8 Å². The molecular formula is C21H34N2O6. The molecule has 2 amide bonds. The van der Waals surface area contributed by atoms with Crippen LogP contribution >= 0.6 is 0 Å². The number of ether oxygens (including phenoxy) is 3. The quantitative estimate of drug-likeness (QED) is 0.766. The molecule has 0 saturated heterocycles. The summed E-state index contributed by atoms with van der Waals surface area (Å²) in [6.07, 6.45) is 0.467. The lowest BCUT2D eigenvalue weighted by Gasteiger charge is -2.20. The van der Waals surface area contributed by atoms with E-state index in [0.717, 1.165) is 0 Å². The maximum absolute atomic E-state index is 11.2.